The molecular formula is C12H19NO4S2. The van der Waals surface area contributed by atoms with Crippen molar-refractivity contribution in [3.63, 3.8) is 0 Å². The van der Waals surface area contributed by atoms with Gasteiger partial charge < -0.3 is 5.11 Å². The molecule has 108 valence electrons. The minimum Gasteiger partial charge on any atom is -0.481 e. The molecule has 0 saturated heterocycles. The smallest absolute Gasteiger partial charge is 0.308 e. The third kappa shape index (κ3) is 5.30. The molecule has 1 aromatic heterocycles. The number of sulfonamides is 1. The second-order valence-corrected chi connectivity index (χ2v) is 8.05. The zero-order valence-corrected chi connectivity index (χ0v) is 12.8. The number of hydrogen-bond donors (Lipinski definition) is 2. The molecule has 0 fully saturated rings. The minimum atomic E-state index is -3.54. The quantitative estimate of drug-likeness (QED) is 0.808. The number of rotatable bonds is 7. The van der Waals surface area contributed by atoms with Gasteiger partial charge in [0.1, 0.15) is 4.21 Å². The van der Waals surface area contributed by atoms with Crippen LogP contribution in [0.4, 0.5) is 0 Å². The van der Waals surface area contributed by atoms with Crippen LogP contribution in [-0.4, -0.2) is 25.5 Å². The summed E-state index contributed by atoms with van der Waals surface area (Å²) >= 11 is 0.998. The average molecular weight is 305 g/mol. The zero-order valence-electron chi connectivity index (χ0n) is 11.2. The van der Waals surface area contributed by atoms with E-state index in [1.54, 1.807) is 6.07 Å². The molecule has 2 N–H and O–H groups in total. The summed E-state index contributed by atoms with van der Waals surface area (Å²) in [4.78, 5) is 11.1. The first-order chi connectivity index (χ1) is 8.70. The van der Waals surface area contributed by atoms with Gasteiger partial charge >= 0.3 is 5.97 Å². The molecular weight excluding hydrogens is 286 g/mol. The Hall–Kier alpha value is -0.920. The molecule has 0 aliphatic rings. The lowest BCUT2D eigenvalue weighted by molar-refractivity contribution is -0.136. The SMILES string of the molecule is CC(C)CC(C)NS(=O)(=O)c1ccc(CC(=O)O)s1. The molecule has 7 heteroatoms. The summed E-state index contributed by atoms with van der Waals surface area (Å²) in [6, 6.07) is 2.85. The summed E-state index contributed by atoms with van der Waals surface area (Å²) in [6.07, 6.45) is 0.605. The zero-order chi connectivity index (χ0) is 14.6. The molecule has 1 aromatic rings. The number of nitrogens with one attached hydrogen (secondary N) is 1. The van der Waals surface area contributed by atoms with Crippen LogP contribution < -0.4 is 4.72 Å². The number of carboxylic acids is 1. The van der Waals surface area contributed by atoms with Crippen molar-refractivity contribution in [3.05, 3.63) is 17.0 Å². The molecule has 5 nitrogen and oxygen atoms in total. The van der Waals surface area contributed by atoms with Gasteiger partial charge in [-0.15, -0.1) is 11.3 Å². The van der Waals surface area contributed by atoms with E-state index in [4.69, 9.17) is 5.11 Å². The first-order valence-corrected chi connectivity index (χ1v) is 8.33. The summed E-state index contributed by atoms with van der Waals surface area (Å²) in [7, 11) is -3.54. The van der Waals surface area contributed by atoms with E-state index in [2.05, 4.69) is 4.72 Å². The number of aliphatic carboxylic acids is 1. The van der Waals surface area contributed by atoms with Gasteiger partial charge in [0, 0.05) is 10.9 Å². The highest BCUT2D eigenvalue weighted by Crippen LogP contribution is 2.22. The molecule has 0 spiro atoms. The molecule has 0 aliphatic carbocycles. The highest BCUT2D eigenvalue weighted by atomic mass is 32.2. The predicted molar refractivity (Wildman–Crippen MR) is 74.9 cm³/mol. The van der Waals surface area contributed by atoms with E-state index in [0.717, 1.165) is 17.8 Å². The molecule has 1 rings (SSSR count). The van der Waals surface area contributed by atoms with Crippen molar-refractivity contribution in [1.82, 2.24) is 4.72 Å². The lowest BCUT2D eigenvalue weighted by Gasteiger charge is -2.15. The Kier molecular flexibility index (Phi) is 5.51. The van der Waals surface area contributed by atoms with E-state index in [0.29, 0.717) is 10.8 Å². The number of carbonyl (C=O) groups is 1. The second-order valence-electron chi connectivity index (χ2n) is 4.94. The van der Waals surface area contributed by atoms with Crippen LogP contribution in [0.15, 0.2) is 16.3 Å². The summed E-state index contributed by atoms with van der Waals surface area (Å²) in [5.74, 6) is -0.560. The van der Waals surface area contributed by atoms with Crippen LogP contribution in [0.3, 0.4) is 0 Å². The molecule has 0 aromatic carbocycles. The van der Waals surface area contributed by atoms with Crippen LogP contribution in [0, 0.1) is 5.92 Å². The average Bonchev–Trinajstić information content (AvgIpc) is 2.62. The van der Waals surface area contributed by atoms with Crippen LogP contribution in [0.25, 0.3) is 0 Å². The summed E-state index contributed by atoms with van der Waals surface area (Å²) in [6.45, 7) is 5.88. The molecule has 1 atom stereocenters. The van der Waals surface area contributed by atoms with Crippen molar-refractivity contribution < 1.29 is 18.3 Å². The Labute approximate surface area is 117 Å². The Bertz CT molecular complexity index is 534. The Morgan fingerprint density at radius 1 is 1.37 bits per heavy atom. The van der Waals surface area contributed by atoms with Crippen molar-refractivity contribution in [1.29, 1.82) is 0 Å². The van der Waals surface area contributed by atoms with Gasteiger partial charge in [0.2, 0.25) is 10.0 Å². The van der Waals surface area contributed by atoms with Gasteiger partial charge in [0.25, 0.3) is 0 Å². The molecule has 1 heterocycles. The fourth-order valence-corrected chi connectivity index (χ4v) is 4.44. The summed E-state index contributed by atoms with van der Waals surface area (Å²) in [5.41, 5.74) is 0. The highest BCUT2D eigenvalue weighted by molar-refractivity contribution is 7.91. The van der Waals surface area contributed by atoms with Crippen molar-refractivity contribution in [2.24, 2.45) is 5.92 Å². The molecule has 0 aliphatic heterocycles. The number of carboxylic acid groups (broad SMARTS) is 1. The standard InChI is InChI=1S/C12H19NO4S2/c1-8(2)6-9(3)13-19(16,17)12-5-4-10(18-12)7-11(14)15/h4-5,8-9,13H,6-7H2,1-3H3,(H,14,15). The van der Waals surface area contributed by atoms with E-state index >= 15 is 0 Å². The second kappa shape index (κ2) is 6.49. The van der Waals surface area contributed by atoms with Gasteiger partial charge in [-0.05, 0) is 31.4 Å². The van der Waals surface area contributed by atoms with Crippen molar-refractivity contribution in [2.75, 3.05) is 0 Å². The van der Waals surface area contributed by atoms with Crippen LogP contribution in [0.1, 0.15) is 32.1 Å². The minimum absolute atomic E-state index is 0.143. The van der Waals surface area contributed by atoms with Crippen molar-refractivity contribution >= 4 is 27.3 Å². The number of thiophene rings is 1. The summed E-state index contributed by atoms with van der Waals surface area (Å²) in [5, 5.41) is 8.67. The molecule has 19 heavy (non-hydrogen) atoms. The first kappa shape index (κ1) is 16.1. The topological polar surface area (TPSA) is 83.5 Å². The van der Waals surface area contributed by atoms with Gasteiger partial charge in [-0.2, -0.15) is 0 Å². The maximum atomic E-state index is 12.1. The molecule has 0 saturated carbocycles. The fourth-order valence-electron chi connectivity index (χ4n) is 1.82. The van der Waals surface area contributed by atoms with E-state index in [-0.39, 0.29) is 16.7 Å². The largest absolute Gasteiger partial charge is 0.481 e. The van der Waals surface area contributed by atoms with E-state index in [1.165, 1.54) is 6.07 Å². The van der Waals surface area contributed by atoms with Crippen LogP contribution >= 0.6 is 11.3 Å². The molecule has 0 radical (unpaired) electrons. The maximum Gasteiger partial charge on any atom is 0.308 e. The van der Waals surface area contributed by atoms with Gasteiger partial charge in [0.05, 0.1) is 6.42 Å². The maximum absolute atomic E-state index is 12.1. The van der Waals surface area contributed by atoms with Gasteiger partial charge in [0.15, 0.2) is 0 Å². The molecule has 1 unspecified atom stereocenters. The van der Waals surface area contributed by atoms with Crippen molar-refractivity contribution in [2.45, 2.75) is 43.9 Å². The summed E-state index contributed by atoms with van der Waals surface area (Å²) < 4.78 is 26.9. The fraction of sp³-hybridized carbons (Fsp3) is 0.583. The van der Waals surface area contributed by atoms with Gasteiger partial charge in [-0.25, -0.2) is 13.1 Å². The Balaban J connectivity index is 2.77. The Morgan fingerprint density at radius 2 is 2.00 bits per heavy atom. The van der Waals surface area contributed by atoms with E-state index < -0.39 is 16.0 Å². The van der Waals surface area contributed by atoms with Crippen LogP contribution in [0.5, 0.6) is 0 Å². The van der Waals surface area contributed by atoms with Crippen LogP contribution in [0.2, 0.25) is 0 Å². The van der Waals surface area contributed by atoms with Crippen LogP contribution in [-0.2, 0) is 21.2 Å². The van der Waals surface area contributed by atoms with E-state index in [9.17, 15) is 13.2 Å². The van der Waals surface area contributed by atoms with Gasteiger partial charge in [-0.3, -0.25) is 4.79 Å². The molecule has 0 bridgehead atoms. The first-order valence-electron chi connectivity index (χ1n) is 6.03. The third-order valence-electron chi connectivity index (χ3n) is 2.41. The predicted octanol–water partition coefficient (Wildman–Crippen LogP) is 2.09. The highest BCUT2D eigenvalue weighted by Gasteiger charge is 2.20. The monoisotopic (exact) mass is 305 g/mol. The van der Waals surface area contributed by atoms with E-state index in [1.807, 2.05) is 20.8 Å². The number of hydrogen-bond acceptors (Lipinski definition) is 4. The normalized spacial score (nSPS) is 13.7. The molecule has 0 amide bonds. The third-order valence-corrected chi connectivity index (χ3v) is 5.58. The van der Waals surface area contributed by atoms with Gasteiger partial charge in [-0.1, -0.05) is 13.8 Å². The lowest BCUT2D eigenvalue weighted by Crippen LogP contribution is -2.33. The lowest BCUT2D eigenvalue weighted by atomic mass is 10.1. The van der Waals surface area contributed by atoms with Crippen molar-refractivity contribution in [3.8, 4) is 0 Å². The Morgan fingerprint density at radius 3 is 2.53 bits per heavy atom.